The first kappa shape index (κ1) is 15.2. The number of benzene rings is 2. The van der Waals surface area contributed by atoms with Gasteiger partial charge in [0.25, 0.3) is 5.88 Å². The van der Waals surface area contributed by atoms with Crippen molar-refractivity contribution in [2.45, 2.75) is 0 Å². The summed E-state index contributed by atoms with van der Waals surface area (Å²) in [5, 5.41) is 0. The number of imidazole rings is 1. The lowest BCUT2D eigenvalue weighted by Crippen LogP contribution is -1.98. The predicted molar refractivity (Wildman–Crippen MR) is 97.0 cm³/mol. The van der Waals surface area contributed by atoms with Crippen LogP contribution in [0.15, 0.2) is 67.0 Å². The molecule has 5 heteroatoms. The van der Waals surface area contributed by atoms with Crippen LogP contribution in [0.1, 0.15) is 0 Å². The van der Waals surface area contributed by atoms with Gasteiger partial charge in [0.1, 0.15) is 5.75 Å². The Labute approximate surface area is 145 Å². The van der Waals surface area contributed by atoms with Crippen molar-refractivity contribution >= 4 is 5.65 Å². The topological polar surface area (TPSA) is 48.7 Å². The maximum atomic E-state index is 5.46. The van der Waals surface area contributed by atoms with Crippen molar-refractivity contribution in [2.24, 2.45) is 0 Å². The molecule has 0 bridgehead atoms. The third-order valence-electron chi connectivity index (χ3n) is 4.11. The van der Waals surface area contributed by atoms with Gasteiger partial charge in [0.05, 0.1) is 31.8 Å². The second-order valence-electron chi connectivity index (χ2n) is 5.57. The third-order valence-corrected chi connectivity index (χ3v) is 4.11. The molecule has 0 aliphatic heterocycles. The van der Waals surface area contributed by atoms with E-state index in [0.29, 0.717) is 11.5 Å². The second kappa shape index (κ2) is 6.28. The Morgan fingerprint density at radius 1 is 0.840 bits per heavy atom. The number of nitrogens with zero attached hydrogens (tertiary/aromatic N) is 3. The van der Waals surface area contributed by atoms with Crippen LogP contribution in [-0.4, -0.2) is 28.6 Å². The summed E-state index contributed by atoms with van der Waals surface area (Å²) < 4.78 is 12.7. The van der Waals surface area contributed by atoms with Gasteiger partial charge >= 0.3 is 0 Å². The van der Waals surface area contributed by atoms with Crippen molar-refractivity contribution in [3.63, 3.8) is 0 Å². The Morgan fingerprint density at radius 3 is 2.28 bits per heavy atom. The summed E-state index contributed by atoms with van der Waals surface area (Å²) in [6.07, 6.45) is 3.82. The first-order valence-electron chi connectivity index (χ1n) is 7.92. The van der Waals surface area contributed by atoms with Gasteiger partial charge in [-0.2, -0.15) is 0 Å². The lowest BCUT2D eigenvalue weighted by molar-refractivity contribution is 0.400. The van der Waals surface area contributed by atoms with E-state index in [1.807, 2.05) is 59.3 Å². The average Bonchev–Trinajstić information content (AvgIpc) is 3.12. The highest BCUT2D eigenvalue weighted by Crippen LogP contribution is 2.29. The molecule has 0 saturated heterocycles. The van der Waals surface area contributed by atoms with Gasteiger partial charge in [-0.05, 0) is 24.3 Å². The highest BCUT2D eigenvalue weighted by molar-refractivity contribution is 5.69. The van der Waals surface area contributed by atoms with Crippen molar-refractivity contribution in [3.8, 4) is 34.1 Å². The van der Waals surface area contributed by atoms with Gasteiger partial charge in [-0.3, -0.25) is 4.40 Å². The van der Waals surface area contributed by atoms with Crippen LogP contribution in [0.3, 0.4) is 0 Å². The predicted octanol–water partition coefficient (Wildman–Crippen LogP) is 4.08. The van der Waals surface area contributed by atoms with Crippen LogP contribution in [0, 0.1) is 0 Å². The first-order chi connectivity index (χ1) is 12.3. The monoisotopic (exact) mass is 331 g/mol. The lowest BCUT2D eigenvalue weighted by Gasteiger charge is -2.09. The molecule has 5 nitrogen and oxygen atoms in total. The van der Waals surface area contributed by atoms with E-state index in [-0.39, 0.29) is 0 Å². The van der Waals surface area contributed by atoms with E-state index in [2.05, 4.69) is 22.1 Å². The van der Waals surface area contributed by atoms with Crippen molar-refractivity contribution in [3.05, 3.63) is 67.0 Å². The van der Waals surface area contributed by atoms with Crippen LogP contribution in [0.4, 0.5) is 0 Å². The van der Waals surface area contributed by atoms with Gasteiger partial charge in [0.2, 0.25) is 5.65 Å². The number of hydrogen-bond acceptors (Lipinski definition) is 4. The molecule has 4 rings (SSSR count). The SMILES string of the molecule is COc1ccc(-c2cn3c(-c4ccccc4)cnc3c(OC)n2)cc1. The van der Waals surface area contributed by atoms with E-state index < -0.39 is 0 Å². The van der Waals surface area contributed by atoms with E-state index in [9.17, 15) is 0 Å². The maximum absolute atomic E-state index is 5.46. The molecule has 2 aromatic carbocycles. The summed E-state index contributed by atoms with van der Waals surface area (Å²) in [6.45, 7) is 0. The largest absolute Gasteiger partial charge is 0.497 e. The Bertz CT molecular complexity index is 1010. The van der Waals surface area contributed by atoms with Crippen LogP contribution in [0.25, 0.3) is 28.2 Å². The van der Waals surface area contributed by atoms with Gasteiger partial charge in [-0.1, -0.05) is 30.3 Å². The fourth-order valence-corrected chi connectivity index (χ4v) is 2.82. The fourth-order valence-electron chi connectivity index (χ4n) is 2.82. The minimum absolute atomic E-state index is 0.496. The van der Waals surface area contributed by atoms with Crippen molar-refractivity contribution < 1.29 is 9.47 Å². The minimum atomic E-state index is 0.496. The van der Waals surface area contributed by atoms with E-state index in [4.69, 9.17) is 9.47 Å². The normalized spacial score (nSPS) is 10.8. The fraction of sp³-hybridized carbons (Fsp3) is 0.100. The molecule has 25 heavy (non-hydrogen) atoms. The van der Waals surface area contributed by atoms with Crippen molar-refractivity contribution in [2.75, 3.05) is 14.2 Å². The van der Waals surface area contributed by atoms with Crippen LogP contribution in [0.2, 0.25) is 0 Å². The quantitative estimate of drug-likeness (QED) is 0.565. The molecule has 0 unspecified atom stereocenters. The van der Waals surface area contributed by atoms with Gasteiger partial charge in [0, 0.05) is 17.3 Å². The molecule has 0 aliphatic rings. The maximum Gasteiger partial charge on any atom is 0.258 e. The molecular formula is C20H17N3O2. The summed E-state index contributed by atoms with van der Waals surface area (Å²) in [7, 11) is 3.26. The van der Waals surface area contributed by atoms with E-state index in [0.717, 1.165) is 28.3 Å². The molecule has 124 valence electrons. The molecule has 0 N–H and O–H groups in total. The molecule has 0 amide bonds. The third kappa shape index (κ3) is 2.70. The van der Waals surface area contributed by atoms with E-state index in [1.54, 1.807) is 14.2 Å². The number of aromatic nitrogens is 3. The van der Waals surface area contributed by atoms with Crippen LogP contribution < -0.4 is 9.47 Å². The second-order valence-corrected chi connectivity index (χ2v) is 5.57. The molecule has 2 heterocycles. The Morgan fingerprint density at radius 2 is 1.60 bits per heavy atom. The zero-order valence-electron chi connectivity index (χ0n) is 14.0. The average molecular weight is 331 g/mol. The summed E-state index contributed by atoms with van der Waals surface area (Å²) in [6, 6.07) is 17.9. The molecule has 4 aromatic rings. The summed E-state index contributed by atoms with van der Waals surface area (Å²) in [5.74, 6) is 1.31. The zero-order chi connectivity index (χ0) is 17.2. The molecule has 0 fully saturated rings. The number of rotatable bonds is 4. The first-order valence-corrected chi connectivity index (χ1v) is 7.92. The molecule has 0 saturated carbocycles. The summed E-state index contributed by atoms with van der Waals surface area (Å²) in [4.78, 5) is 9.09. The highest BCUT2D eigenvalue weighted by atomic mass is 16.5. The number of hydrogen-bond donors (Lipinski definition) is 0. The molecule has 0 radical (unpaired) electrons. The smallest absolute Gasteiger partial charge is 0.258 e. The Balaban J connectivity index is 1.91. The molecule has 0 atom stereocenters. The number of ether oxygens (including phenoxy) is 2. The Kier molecular flexibility index (Phi) is 3.82. The van der Waals surface area contributed by atoms with Crippen LogP contribution in [0.5, 0.6) is 11.6 Å². The van der Waals surface area contributed by atoms with Crippen LogP contribution >= 0.6 is 0 Å². The van der Waals surface area contributed by atoms with Crippen molar-refractivity contribution in [1.29, 1.82) is 0 Å². The Hall–Kier alpha value is -3.34. The molecule has 0 spiro atoms. The number of fused-ring (bicyclic) bond motifs is 1. The van der Waals surface area contributed by atoms with Gasteiger partial charge in [-0.15, -0.1) is 0 Å². The standard InChI is InChI=1S/C20H17N3O2/c1-24-16-10-8-14(9-11-16)17-13-23-18(15-6-4-3-5-7-15)12-21-19(23)20(22-17)25-2/h3-13H,1-2H3. The van der Waals surface area contributed by atoms with Crippen LogP contribution in [-0.2, 0) is 0 Å². The van der Waals surface area contributed by atoms with Gasteiger partial charge in [-0.25, -0.2) is 9.97 Å². The molecule has 0 aliphatic carbocycles. The van der Waals surface area contributed by atoms with E-state index in [1.165, 1.54) is 0 Å². The molecular weight excluding hydrogens is 314 g/mol. The van der Waals surface area contributed by atoms with Gasteiger partial charge < -0.3 is 9.47 Å². The minimum Gasteiger partial charge on any atom is -0.497 e. The highest BCUT2D eigenvalue weighted by Gasteiger charge is 2.14. The lowest BCUT2D eigenvalue weighted by atomic mass is 10.1. The van der Waals surface area contributed by atoms with Crippen molar-refractivity contribution in [1.82, 2.24) is 14.4 Å². The number of methoxy groups -OCH3 is 2. The van der Waals surface area contributed by atoms with Gasteiger partial charge in [0.15, 0.2) is 0 Å². The molecule has 2 aromatic heterocycles. The summed E-state index contributed by atoms with van der Waals surface area (Å²) >= 11 is 0. The zero-order valence-corrected chi connectivity index (χ0v) is 14.0. The summed E-state index contributed by atoms with van der Waals surface area (Å²) in [5.41, 5.74) is 4.56. The van der Waals surface area contributed by atoms with E-state index >= 15 is 0 Å².